The van der Waals surface area contributed by atoms with Crippen molar-refractivity contribution in [3.05, 3.63) is 65.1 Å². The van der Waals surface area contributed by atoms with Gasteiger partial charge in [0, 0.05) is 12.6 Å². The van der Waals surface area contributed by atoms with E-state index < -0.39 is 28.2 Å². The summed E-state index contributed by atoms with van der Waals surface area (Å²) in [5.41, 5.74) is -6.36. The highest BCUT2D eigenvalue weighted by atomic mass is 32.2. The van der Waals surface area contributed by atoms with Gasteiger partial charge in [0.1, 0.15) is 11.1 Å². The zero-order chi connectivity index (χ0) is 22.4. The van der Waals surface area contributed by atoms with Gasteiger partial charge in [-0.05, 0) is 57.2 Å². The lowest BCUT2D eigenvalue weighted by atomic mass is 9.80. The van der Waals surface area contributed by atoms with Gasteiger partial charge in [0.25, 0.3) is 5.91 Å². The number of carbonyl (C=O) groups is 1. The SMILES string of the molecule is CN1C(=O)C(SC(F)(F)F)=C(c2ccccc2)C12C=CC(C)(OOC(C)(C)C)C=C2. The van der Waals surface area contributed by atoms with Crippen LogP contribution in [0.15, 0.2) is 59.5 Å². The number of rotatable bonds is 4. The van der Waals surface area contributed by atoms with Crippen molar-refractivity contribution in [1.82, 2.24) is 4.90 Å². The normalized spacial score (nSPS) is 26.9. The standard InChI is InChI=1S/C22H24F3NO3S/c1-19(2,3)28-29-20(4)11-13-21(14-12-20)16(15-9-7-6-8-10-15)17(18(27)26(21)5)30-22(23,24)25/h6-14H,1-5H3. The van der Waals surface area contributed by atoms with Gasteiger partial charge >= 0.3 is 5.51 Å². The lowest BCUT2D eigenvalue weighted by molar-refractivity contribution is -0.380. The molecule has 1 aliphatic heterocycles. The molecule has 8 heteroatoms. The molecule has 0 bridgehead atoms. The summed E-state index contributed by atoms with van der Waals surface area (Å²) in [6.45, 7) is 7.30. The third kappa shape index (κ3) is 4.50. The number of amides is 1. The van der Waals surface area contributed by atoms with Crippen LogP contribution in [0.1, 0.15) is 33.3 Å². The molecule has 0 fully saturated rings. The van der Waals surface area contributed by atoms with Gasteiger partial charge in [0.2, 0.25) is 0 Å². The molecule has 1 aromatic carbocycles. The molecule has 1 spiro atoms. The van der Waals surface area contributed by atoms with E-state index >= 15 is 0 Å². The largest absolute Gasteiger partial charge is 0.446 e. The number of thioether (sulfide) groups is 1. The zero-order valence-electron chi connectivity index (χ0n) is 17.4. The van der Waals surface area contributed by atoms with Crippen molar-refractivity contribution in [3.8, 4) is 0 Å². The maximum Gasteiger partial charge on any atom is 0.446 e. The van der Waals surface area contributed by atoms with E-state index in [9.17, 15) is 18.0 Å². The van der Waals surface area contributed by atoms with Crippen molar-refractivity contribution in [1.29, 1.82) is 0 Å². The second kappa shape index (κ2) is 7.59. The average molecular weight is 439 g/mol. The molecule has 1 amide bonds. The van der Waals surface area contributed by atoms with Crippen LogP contribution in [-0.2, 0) is 14.6 Å². The molecule has 30 heavy (non-hydrogen) atoms. The van der Waals surface area contributed by atoms with Crippen molar-refractivity contribution in [2.45, 2.75) is 49.9 Å². The van der Waals surface area contributed by atoms with E-state index in [0.29, 0.717) is 11.1 Å². The summed E-state index contributed by atoms with van der Waals surface area (Å²) in [5.74, 6) is -0.680. The second-order valence-electron chi connectivity index (χ2n) is 8.44. The summed E-state index contributed by atoms with van der Waals surface area (Å²) in [6.07, 6.45) is 6.80. The van der Waals surface area contributed by atoms with Crippen LogP contribution in [0.4, 0.5) is 13.2 Å². The van der Waals surface area contributed by atoms with E-state index in [4.69, 9.17) is 9.78 Å². The van der Waals surface area contributed by atoms with Gasteiger partial charge in [0.05, 0.1) is 10.5 Å². The molecule has 0 saturated heterocycles. The number of benzene rings is 1. The predicted octanol–water partition coefficient (Wildman–Crippen LogP) is 5.49. The van der Waals surface area contributed by atoms with Crippen LogP contribution in [0, 0.1) is 0 Å². The smallest absolute Gasteiger partial charge is 0.324 e. The third-order valence-corrected chi connectivity index (χ3v) is 5.58. The van der Waals surface area contributed by atoms with Gasteiger partial charge in [-0.3, -0.25) is 4.79 Å². The van der Waals surface area contributed by atoms with Gasteiger partial charge in [0.15, 0.2) is 0 Å². The number of halogens is 3. The second-order valence-corrected chi connectivity index (χ2v) is 9.51. The highest BCUT2D eigenvalue weighted by Crippen LogP contribution is 2.52. The molecule has 0 saturated carbocycles. The molecular weight excluding hydrogens is 415 g/mol. The minimum Gasteiger partial charge on any atom is -0.324 e. The lowest BCUT2D eigenvalue weighted by Crippen LogP contribution is -2.45. The van der Waals surface area contributed by atoms with Gasteiger partial charge in [-0.15, -0.1) is 0 Å². The Hall–Kier alpha value is -2.03. The van der Waals surface area contributed by atoms with Crippen molar-refractivity contribution in [2.24, 2.45) is 0 Å². The number of carbonyl (C=O) groups excluding carboxylic acids is 1. The summed E-state index contributed by atoms with van der Waals surface area (Å²) in [7, 11) is 1.50. The minimum atomic E-state index is -4.59. The van der Waals surface area contributed by atoms with Crippen molar-refractivity contribution < 1.29 is 27.7 Å². The summed E-state index contributed by atoms with van der Waals surface area (Å²) in [4.78, 5) is 24.9. The number of nitrogens with zero attached hydrogens (tertiary/aromatic N) is 1. The quantitative estimate of drug-likeness (QED) is 0.353. The Balaban J connectivity index is 2.08. The van der Waals surface area contributed by atoms with Gasteiger partial charge < -0.3 is 4.90 Å². The maximum atomic E-state index is 13.3. The van der Waals surface area contributed by atoms with Gasteiger partial charge in [-0.1, -0.05) is 42.5 Å². The summed E-state index contributed by atoms with van der Waals surface area (Å²) in [6, 6.07) is 8.64. The molecule has 1 aliphatic carbocycles. The van der Waals surface area contributed by atoms with E-state index in [2.05, 4.69) is 0 Å². The highest BCUT2D eigenvalue weighted by molar-refractivity contribution is 8.05. The van der Waals surface area contributed by atoms with E-state index in [1.165, 1.54) is 11.9 Å². The first-order valence-corrected chi connectivity index (χ1v) is 10.2. The molecule has 1 heterocycles. The van der Waals surface area contributed by atoms with Crippen LogP contribution in [0.2, 0.25) is 0 Å². The fourth-order valence-corrected chi connectivity index (χ4v) is 4.15. The molecule has 0 aromatic heterocycles. The molecular formula is C22H24F3NO3S. The summed E-state index contributed by atoms with van der Waals surface area (Å²) in [5, 5.41) is 0. The van der Waals surface area contributed by atoms with E-state index in [1.807, 2.05) is 20.8 Å². The van der Waals surface area contributed by atoms with Crippen molar-refractivity contribution in [3.63, 3.8) is 0 Å². The van der Waals surface area contributed by atoms with Crippen LogP contribution < -0.4 is 0 Å². The molecule has 0 unspecified atom stereocenters. The monoisotopic (exact) mass is 439 g/mol. The Kier molecular flexibility index (Phi) is 5.73. The van der Waals surface area contributed by atoms with Crippen molar-refractivity contribution >= 4 is 23.2 Å². The first-order chi connectivity index (χ1) is 13.8. The Bertz CT molecular complexity index is 900. The third-order valence-electron chi connectivity index (χ3n) is 4.77. The fourth-order valence-electron chi connectivity index (χ4n) is 3.31. The van der Waals surface area contributed by atoms with Crippen LogP contribution >= 0.6 is 11.8 Å². The minimum absolute atomic E-state index is 0.296. The molecule has 2 aliphatic rings. The van der Waals surface area contributed by atoms with Crippen LogP contribution in [-0.4, -0.2) is 40.1 Å². The Morgan fingerprint density at radius 3 is 2.07 bits per heavy atom. The fraction of sp³-hybridized carbons (Fsp3) is 0.409. The Labute approximate surface area is 178 Å². The molecule has 0 radical (unpaired) electrons. The predicted molar refractivity (Wildman–Crippen MR) is 111 cm³/mol. The molecule has 0 N–H and O–H groups in total. The number of hydrogen-bond acceptors (Lipinski definition) is 4. The molecule has 3 rings (SSSR count). The maximum absolute atomic E-state index is 13.3. The topological polar surface area (TPSA) is 38.8 Å². The highest BCUT2D eigenvalue weighted by Gasteiger charge is 2.52. The first-order valence-electron chi connectivity index (χ1n) is 9.38. The molecule has 1 aromatic rings. The van der Waals surface area contributed by atoms with Crippen molar-refractivity contribution in [2.75, 3.05) is 7.05 Å². The van der Waals surface area contributed by atoms with Crippen LogP contribution in [0.3, 0.4) is 0 Å². The number of hydrogen-bond donors (Lipinski definition) is 0. The Morgan fingerprint density at radius 2 is 1.57 bits per heavy atom. The lowest BCUT2D eigenvalue weighted by Gasteiger charge is -2.38. The van der Waals surface area contributed by atoms with Gasteiger partial charge in [-0.2, -0.15) is 13.2 Å². The van der Waals surface area contributed by atoms with E-state index in [0.717, 1.165) is 0 Å². The summed E-state index contributed by atoms with van der Waals surface area (Å²) < 4.78 is 39.8. The average Bonchev–Trinajstić information content (AvgIpc) is 2.84. The molecule has 0 atom stereocenters. The molecule has 4 nitrogen and oxygen atoms in total. The van der Waals surface area contributed by atoms with Crippen LogP contribution in [0.5, 0.6) is 0 Å². The van der Waals surface area contributed by atoms with E-state index in [-0.39, 0.29) is 16.7 Å². The number of alkyl halides is 3. The Morgan fingerprint density at radius 1 is 1.00 bits per heavy atom. The number of likely N-dealkylation sites (N-methyl/N-ethyl adjacent to an activating group) is 1. The summed E-state index contributed by atoms with van der Waals surface area (Å²) >= 11 is -0.375. The zero-order valence-corrected chi connectivity index (χ0v) is 18.2. The van der Waals surface area contributed by atoms with Gasteiger partial charge in [-0.25, -0.2) is 9.78 Å². The van der Waals surface area contributed by atoms with E-state index in [1.54, 1.807) is 61.6 Å². The first kappa shape index (κ1) is 22.7. The van der Waals surface area contributed by atoms with Crippen LogP contribution in [0.25, 0.3) is 5.57 Å². The molecule has 162 valence electrons.